The number of benzene rings is 3. The molecular weight excluding hydrogens is 462 g/mol. The standard InChI is InChI=1S/C25H24F2N2O4S/c1-34(31,32)28-16-14-25(19-6-3-2-4-7-19)15-17-29(24(30)33-25)22-9-5-8-21(23(22)27)18-10-12-20(26)13-11-18/h2-13,28H,14-17H2,1H3. The quantitative estimate of drug-likeness (QED) is 0.520. The summed E-state index contributed by atoms with van der Waals surface area (Å²) in [6.45, 7) is 0.242. The van der Waals surface area contributed by atoms with E-state index < -0.39 is 33.4 Å². The minimum absolute atomic E-state index is 0.0581. The Balaban J connectivity index is 1.62. The maximum Gasteiger partial charge on any atom is 0.415 e. The average molecular weight is 487 g/mol. The lowest BCUT2D eigenvalue weighted by molar-refractivity contribution is -0.0145. The van der Waals surface area contributed by atoms with E-state index in [1.807, 2.05) is 30.3 Å². The summed E-state index contributed by atoms with van der Waals surface area (Å²) < 4.78 is 60.1. The average Bonchev–Trinajstić information content (AvgIpc) is 2.80. The predicted octanol–water partition coefficient (Wildman–Crippen LogP) is 4.81. The zero-order valence-electron chi connectivity index (χ0n) is 18.5. The van der Waals surface area contributed by atoms with Crippen molar-refractivity contribution in [3.8, 4) is 11.1 Å². The molecule has 9 heteroatoms. The molecule has 1 heterocycles. The van der Waals surface area contributed by atoms with Crippen molar-refractivity contribution in [1.82, 2.24) is 4.72 Å². The highest BCUT2D eigenvalue weighted by Crippen LogP contribution is 2.40. The highest BCUT2D eigenvalue weighted by Gasteiger charge is 2.43. The van der Waals surface area contributed by atoms with E-state index in [1.54, 1.807) is 12.1 Å². The van der Waals surface area contributed by atoms with Gasteiger partial charge in [0, 0.05) is 31.5 Å². The van der Waals surface area contributed by atoms with E-state index in [-0.39, 0.29) is 30.8 Å². The van der Waals surface area contributed by atoms with Crippen LogP contribution in [-0.4, -0.2) is 33.9 Å². The van der Waals surface area contributed by atoms with Crippen LogP contribution < -0.4 is 9.62 Å². The number of halogens is 2. The van der Waals surface area contributed by atoms with Crippen LogP contribution in [0.5, 0.6) is 0 Å². The van der Waals surface area contributed by atoms with Crippen molar-refractivity contribution in [2.75, 3.05) is 24.2 Å². The van der Waals surface area contributed by atoms with Gasteiger partial charge in [-0.1, -0.05) is 54.6 Å². The number of rotatable bonds is 7. The van der Waals surface area contributed by atoms with Crippen LogP contribution in [-0.2, 0) is 20.4 Å². The smallest absolute Gasteiger partial charge is 0.415 e. The highest BCUT2D eigenvalue weighted by molar-refractivity contribution is 7.88. The summed E-state index contributed by atoms with van der Waals surface area (Å²) in [5.74, 6) is -1.04. The first-order valence-electron chi connectivity index (χ1n) is 10.7. The Labute approximate surface area is 197 Å². The number of cyclic esters (lactones) is 1. The summed E-state index contributed by atoms with van der Waals surface area (Å²) in [6, 6.07) is 19.2. The Morgan fingerprint density at radius 1 is 1.00 bits per heavy atom. The highest BCUT2D eigenvalue weighted by atomic mass is 32.2. The molecule has 3 aromatic rings. The summed E-state index contributed by atoms with van der Waals surface area (Å²) in [6.07, 6.45) is 0.883. The Morgan fingerprint density at radius 3 is 2.35 bits per heavy atom. The lowest BCUT2D eigenvalue weighted by atomic mass is 9.85. The molecule has 1 unspecified atom stereocenters. The van der Waals surface area contributed by atoms with Gasteiger partial charge >= 0.3 is 6.09 Å². The molecular formula is C25H24F2N2O4S. The SMILES string of the molecule is CS(=O)(=O)NCCC1(c2ccccc2)CCN(c2cccc(-c3ccc(F)cc3)c2F)C(=O)O1. The number of ether oxygens (including phenoxy) is 1. The van der Waals surface area contributed by atoms with Crippen molar-refractivity contribution in [2.45, 2.75) is 18.4 Å². The number of carbonyl (C=O) groups excluding carboxylic acids is 1. The summed E-state index contributed by atoms with van der Waals surface area (Å²) in [5.41, 5.74) is 0.457. The molecule has 0 aromatic heterocycles. The van der Waals surface area contributed by atoms with E-state index in [9.17, 15) is 17.6 Å². The third-order valence-electron chi connectivity index (χ3n) is 5.86. The van der Waals surface area contributed by atoms with E-state index in [0.717, 1.165) is 11.8 Å². The van der Waals surface area contributed by atoms with E-state index in [1.165, 1.54) is 35.2 Å². The fraction of sp³-hybridized carbons (Fsp3) is 0.240. The van der Waals surface area contributed by atoms with Gasteiger partial charge in [0.25, 0.3) is 0 Å². The molecule has 0 aliphatic carbocycles. The van der Waals surface area contributed by atoms with Gasteiger partial charge in [-0.05, 0) is 29.3 Å². The van der Waals surface area contributed by atoms with E-state index in [0.29, 0.717) is 12.0 Å². The molecule has 0 saturated carbocycles. The second-order valence-corrected chi connectivity index (χ2v) is 10.0. The third kappa shape index (κ3) is 5.10. The lowest BCUT2D eigenvalue weighted by Crippen LogP contribution is -2.49. The van der Waals surface area contributed by atoms with Crippen LogP contribution >= 0.6 is 0 Å². The number of hydrogen-bond donors (Lipinski definition) is 1. The van der Waals surface area contributed by atoms with Crippen molar-refractivity contribution >= 4 is 21.8 Å². The maximum absolute atomic E-state index is 15.4. The van der Waals surface area contributed by atoms with Gasteiger partial charge in [0.05, 0.1) is 11.9 Å². The normalized spacial score (nSPS) is 18.6. The Kier molecular flexibility index (Phi) is 6.67. The Morgan fingerprint density at radius 2 is 1.71 bits per heavy atom. The predicted molar refractivity (Wildman–Crippen MR) is 126 cm³/mol. The van der Waals surface area contributed by atoms with Crippen molar-refractivity contribution in [3.05, 3.63) is 90.0 Å². The van der Waals surface area contributed by atoms with Gasteiger partial charge in [-0.15, -0.1) is 0 Å². The van der Waals surface area contributed by atoms with Gasteiger partial charge in [0.15, 0.2) is 5.82 Å². The minimum Gasteiger partial charge on any atom is -0.438 e. The molecule has 3 aromatic carbocycles. The van der Waals surface area contributed by atoms with Crippen LogP contribution in [0, 0.1) is 11.6 Å². The summed E-state index contributed by atoms with van der Waals surface area (Å²) in [7, 11) is -3.41. The van der Waals surface area contributed by atoms with Gasteiger partial charge in [-0.2, -0.15) is 0 Å². The second kappa shape index (κ2) is 9.52. The molecule has 1 aliphatic rings. The first-order valence-corrected chi connectivity index (χ1v) is 12.6. The molecule has 6 nitrogen and oxygen atoms in total. The topological polar surface area (TPSA) is 75.7 Å². The molecule has 1 amide bonds. The molecule has 34 heavy (non-hydrogen) atoms. The van der Waals surface area contributed by atoms with Crippen molar-refractivity contribution < 1.29 is 26.7 Å². The first-order chi connectivity index (χ1) is 16.2. The number of hydrogen-bond acceptors (Lipinski definition) is 4. The molecule has 0 bridgehead atoms. The number of nitrogens with one attached hydrogen (secondary N) is 1. The Hall–Kier alpha value is -3.30. The molecule has 4 rings (SSSR count). The number of anilines is 1. The van der Waals surface area contributed by atoms with Gasteiger partial charge in [0.2, 0.25) is 10.0 Å². The van der Waals surface area contributed by atoms with Gasteiger partial charge in [-0.25, -0.2) is 26.7 Å². The Bertz CT molecular complexity index is 1280. The van der Waals surface area contributed by atoms with Crippen molar-refractivity contribution in [2.24, 2.45) is 0 Å². The molecule has 1 saturated heterocycles. The zero-order chi connectivity index (χ0) is 24.3. The van der Waals surface area contributed by atoms with E-state index >= 15 is 4.39 Å². The lowest BCUT2D eigenvalue weighted by Gasteiger charge is -2.41. The number of sulfonamides is 1. The molecule has 178 valence electrons. The van der Waals surface area contributed by atoms with Crippen molar-refractivity contribution in [1.29, 1.82) is 0 Å². The number of amides is 1. The molecule has 1 atom stereocenters. The van der Waals surface area contributed by atoms with Gasteiger partial charge < -0.3 is 4.74 Å². The molecule has 0 spiro atoms. The van der Waals surface area contributed by atoms with Crippen LogP contribution in [0.2, 0.25) is 0 Å². The second-order valence-electron chi connectivity index (χ2n) is 8.19. The molecule has 1 N–H and O–H groups in total. The third-order valence-corrected chi connectivity index (χ3v) is 6.59. The molecule has 1 fully saturated rings. The zero-order valence-corrected chi connectivity index (χ0v) is 19.3. The van der Waals surface area contributed by atoms with Crippen LogP contribution in [0.25, 0.3) is 11.1 Å². The summed E-state index contributed by atoms with van der Waals surface area (Å²) in [4.78, 5) is 14.4. The summed E-state index contributed by atoms with van der Waals surface area (Å²) in [5, 5.41) is 0. The van der Waals surface area contributed by atoms with Gasteiger partial charge in [-0.3, -0.25) is 4.90 Å². The number of nitrogens with zero attached hydrogens (tertiary/aromatic N) is 1. The maximum atomic E-state index is 15.4. The van der Waals surface area contributed by atoms with Crippen molar-refractivity contribution in [3.63, 3.8) is 0 Å². The van der Waals surface area contributed by atoms with Crippen LogP contribution in [0.1, 0.15) is 18.4 Å². The van der Waals surface area contributed by atoms with E-state index in [2.05, 4.69) is 4.72 Å². The monoisotopic (exact) mass is 486 g/mol. The van der Waals surface area contributed by atoms with Gasteiger partial charge in [0.1, 0.15) is 11.4 Å². The largest absolute Gasteiger partial charge is 0.438 e. The van der Waals surface area contributed by atoms with Crippen LogP contribution in [0.4, 0.5) is 19.3 Å². The van der Waals surface area contributed by atoms with Crippen LogP contribution in [0.15, 0.2) is 72.8 Å². The summed E-state index contributed by atoms with van der Waals surface area (Å²) >= 11 is 0. The molecule has 1 aliphatic heterocycles. The van der Waals surface area contributed by atoms with Crippen LogP contribution in [0.3, 0.4) is 0 Å². The first kappa shape index (κ1) is 23.8. The number of carbonyl (C=O) groups is 1. The van der Waals surface area contributed by atoms with E-state index in [4.69, 9.17) is 4.74 Å². The molecule has 0 radical (unpaired) electrons. The fourth-order valence-electron chi connectivity index (χ4n) is 4.16. The minimum atomic E-state index is -3.41. The fourth-order valence-corrected chi connectivity index (χ4v) is 4.63.